The third-order valence-electron chi connectivity index (χ3n) is 2.15. The highest BCUT2D eigenvalue weighted by atomic mass is 16.1. The summed E-state index contributed by atoms with van der Waals surface area (Å²) < 4.78 is 0. The smallest absolute Gasteiger partial charge is 0.133 e. The molecule has 0 aliphatic heterocycles. The minimum absolute atomic E-state index is 0.324. The van der Waals surface area contributed by atoms with Gasteiger partial charge in [-0.3, -0.25) is 4.79 Å². The van der Waals surface area contributed by atoms with Crippen molar-refractivity contribution in [2.75, 3.05) is 0 Å². The van der Waals surface area contributed by atoms with Crippen molar-refractivity contribution in [1.29, 1.82) is 0 Å². The van der Waals surface area contributed by atoms with Crippen molar-refractivity contribution in [3.63, 3.8) is 0 Å². The highest BCUT2D eigenvalue weighted by Crippen LogP contribution is 2.23. The molecule has 1 aliphatic carbocycles. The topological polar surface area (TPSA) is 17.1 Å². The molecule has 0 heterocycles. The maximum atomic E-state index is 10.9. The zero-order valence-corrected chi connectivity index (χ0v) is 6.68. The van der Waals surface area contributed by atoms with E-state index >= 15 is 0 Å². The van der Waals surface area contributed by atoms with Crippen LogP contribution in [-0.2, 0) is 4.79 Å². The fourth-order valence-electron chi connectivity index (χ4n) is 1.45. The average Bonchev–Trinajstić information content (AvgIpc) is 1.88. The lowest BCUT2D eigenvalue weighted by molar-refractivity contribution is -0.121. The number of carbonyl (C=O) groups excluding carboxylic acids is 1. The van der Waals surface area contributed by atoms with Crippen LogP contribution < -0.4 is 0 Å². The zero-order valence-electron chi connectivity index (χ0n) is 6.68. The van der Waals surface area contributed by atoms with Crippen LogP contribution in [0.2, 0.25) is 0 Å². The highest BCUT2D eigenvalue weighted by Gasteiger charge is 2.16. The Morgan fingerprint density at radius 2 is 2.40 bits per heavy atom. The molecule has 0 saturated carbocycles. The summed E-state index contributed by atoms with van der Waals surface area (Å²) in [7, 11) is 0. The van der Waals surface area contributed by atoms with Crippen LogP contribution in [0.3, 0.4) is 0 Å². The molecule has 10 heavy (non-hydrogen) atoms. The normalized spacial score (nSPS) is 25.8. The van der Waals surface area contributed by atoms with Gasteiger partial charge in [0.25, 0.3) is 0 Å². The van der Waals surface area contributed by atoms with Crippen LogP contribution in [-0.4, -0.2) is 5.78 Å². The maximum absolute atomic E-state index is 10.9. The van der Waals surface area contributed by atoms with E-state index in [1.54, 1.807) is 6.92 Å². The Labute approximate surface area is 62.1 Å². The van der Waals surface area contributed by atoms with Crippen molar-refractivity contribution >= 4 is 5.78 Å². The van der Waals surface area contributed by atoms with Crippen LogP contribution in [0.1, 0.15) is 33.1 Å². The average molecular weight is 138 g/mol. The minimum atomic E-state index is 0.324. The molecule has 0 bridgehead atoms. The molecular formula is C9H14O. The van der Waals surface area contributed by atoms with Gasteiger partial charge in [0, 0.05) is 5.92 Å². The molecule has 1 nitrogen and oxygen atoms in total. The molecule has 1 atom stereocenters. The fraction of sp³-hybridized carbons (Fsp3) is 0.667. The summed E-state index contributed by atoms with van der Waals surface area (Å²) in [6, 6.07) is 0. The van der Waals surface area contributed by atoms with Crippen molar-refractivity contribution in [1.82, 2.24) is 0 Å². The van der Waals surface area contributed by atoms with Gasteiger partial charge in [0.2, 0.25) is 0 Å². The Bertz CT molecular complexity index is 168. The number of Topliss-reactive ketones (excluding diaryl/α,β-unsaturated/α-hetero) is 1. The second-order valence-electron chi connectivity index (χ2n) is 3.14. The summed E-state index contributed by atoms with van der Waals surface area (Å²) in [6.45, 7) is 3.80. The van der Waals surface area contributed by atoms with Crippen molar-refractivity contribution in [3.05, 3.63) is 11.6 Å². The Morgan fingerprint density at radius 3 is 2.80 bits per heavy atom. The van der Waals surface area contributed by atoms with Gasteiger partial charge in [-0.15, -0.1) is 0 Å². The van der Waals surface area contributed by atoms with Crippen molar-refractivity contribution in [2.45, 2.75) is 33.1 Å². The van der Waals surface area contributed by atoms with Crippen LogP contribution >= 0.6 is 0 Å². The first-order valence-corrected chi connectivity index (χ1v) is 3.86. The highest BCUT2D eigenvalue weighted by molar-refractivity contribution is 5.78. The molecule has 1 heteroatoms. The number of carbonyl (C=O) groups is 1. The Kier molecular flexibility index (Phi) is 2.25. The lowest BCUT2D eigenvalue weighted by Crippen LogP contribution is -2.13. The van der Waals surface area contributed by atoms with E-state index < -0.39 is 0 Å². The van der Waals surface area contributed by atoms with Gasteiger partial charge in [-0.2, -0.15) is 0 Å². The van der Waals surface area contributed by atoms with Gasteiger partial charge >= 0.3 is 0 Å². The SMILES string of the molecule is CC(=O)C1CCC=C(C)C1. The van der Waals surface area contributed by atoms with Gasteiger partial charge in [-0.1, -0.05) is 11.6 Å². The van der Waals surface area contributed by atoms with E-state index in [0.717, 1.165) is 19.3 Å². The third-order valence-corrected chi connectivity index (χ3v) is 2.15. The van der Waals surface area contributed by atoms with Crippen molar-refractivity contribution in [3.8, 4) is 0 Å². The predicted molar refractivity (Wildman–Crippen MR) is 41.8 cm³/mol. The van der Waals surface area contributed by atoms with E-state index in [1.165, 1.54) is 5.57 Å². The fourth-order valence-corrected chi connectivity index (χ4v) is 1.45. The number of rotatable bonds is 1. The summed E-state index contributed by atoms with van der Waals surface area (Å²) in [5.41, 5.74) is 1.38. The van der Waals surface area contributed by atoms with Crippen LogP contribution in [0.4, 0.5) is 0 Å². The van der Waals surface area contributed by atoms with Crippen LogP contribution in [0.5, 0.6) is 0 Å². The molecule has 1 rings (SSSR count). The Hall–Kier alpha value is -0.590. The molecule has 0 N–H and O–H groups in total. The van der Waals surface area contributed by atoms with Crippen molar-refractivity contribution in [2.24, 2.45) is 5.92 Å². The van der Waals surface area contributed by atoms with Crippen molar-refractivity contribution < 1.29 is 4.79 Å². The van der Waals surface area contributed by atoms with Crippen LogP contribution in [0.25, 0.3) is 0 Å². The summed E-state index contributed by atoms with van der Waals surface area (Å²) in [4.78, 5) is 10.9. The lowest BCUT2D eigenvalue weighted by atomic mass is 9.87. The van der Waals surface area contributed by atoms with E-state index in [2.05, 4.69) is 13.0 Å². The molecule has 0 aromatic carbocycles. The van der Waals surface area contributed by atoms with E-state index in [1.807, 2.05) is 0 Å². The van der Waals surface area contributed by atoms with E-state index in [0.29, 0.717) is 11.7 Å². The Morgan fingerprint density at radius 1 is 1.70 bits per heavy atom. The summed E-state index contributed by atoms with van der Waals surface area (Å²) in [6.07, 6.45) is 5.39. The molecular weight excluding hydrogens is 124 g/mol. The quantitative estimate of drug-likeness (QED) is 0.508. The molecule has 1 aliphatic rings. The predicted octanol–water partition coefficient (Wildman–Crippen LogP) is 2.32. The first-order chi connectivity index (χ1) is 4.70. The summed E-state index contributed by atoms with van der Waals surface area (Å²) in [5.74, 6) is 0.678. The lowest BCUT2D eigenvalue weighted by Gasteiger charge is -2.17. The standard InChI is InChI=1S/C9H14O/c1-7-4-3-5-9(6-7)8(2)10/h4,9H,3,5-6H2,1-2H3. The van der Waals surface area contributed by atoms with E-state index in [9.17, 15) is 4.79 Å². The van der Waals surface area contributed by atoms with E-state index in [-0.39, 0.29) is 0 Å². The molecule has 1 unspecified atom stereocenters. The second-order valence-corrected chi connectivity index (χ2v) is 3.14. The summed E-state index contributed by atoms with van der Waals surface area (Å²) >= 11 is 0. The summed E-state index contributed by atoms with van der Waals surface area (Å²) in [5, 5.41) is 0. The first-order valence-electron chi connectivity index (χ1n) is 3.86. The molecule has 0 aromatic rings. The first kappa shape index (κ1) is 7.52. The maximum Gasteiger partial charge on any atom is 0.133 e. The molecule has 56 valence electrons. The van der Waals surface area contributed by atoms with Gasteiger partial charge in [0.15, 0.2) is 0 Å². The molecule has 0 spiro atoms. The Balaban J connectivity index is 2.53. The second kappa shape index (κ2) is 3.00. The van der Waals surface area contributed by atoms with Gasteiger partial charge in [0.1, 0.15) is 5.78 Å². The molecule has 0 aromatic heterocycles. The molecule has 0 radical (unpaired) electrons. The molecule has 0 fully saturated rings. The number of allylic oxidation sites excluding steroid dienone is 2. The monoisotopic (exact) mass is 138 g/mol. The van der Waals surface area contributed by atoms with Gasteiger partial charge in [-0.25, -0.2) is 0 Å². The van der Waals surface area contributed by atoms with Gasteiger partial charge < -0.3 is 0 Å². The largest absolute Gasteiger partial charge is 0.300 e. The number of hydrogen-bond donors (Lipinski definition) is 0. The zero-order chi connectivity index (χ0) is 7.56. The van der Waals surface area contributed by atoms with Crippen LogP contribution in [0, 0.1) is 5.92 Å². The number of ketones is 1. The molecule has 0 amide bonds. The van der Waals surface area contributed by atoms with E-state index in [4.69, 9.17) is 0 Å². The van der Waals surface area contributed by atoms with Gasteiger partial charge in [-0.05, 0) is 33.1 Å². The molecule has 0 saturated heterocycles. The van der Waals surface area contributed by atoms with Crippen LogP contribution in [0.15, 0.2) is 11.6 Å². The van der Waals surface area contributed by atoms with Gasteiger partial charge in [0.05, 0.1) is 0 Å². The minimum Gasteiger partial charge on any atom is -0.300 e. The number of hydrogen-bond acceptors (Lipinski definition) is 1. The third kappa shape index (κ3) is 1.69.